The molecule has 1 N–H and O–H groups in total. The predicted octanol–water partition coefficient (Wildman–Crippen LogP) is 4.15. The van der Waals surface area contributed by atoms with Gasteiger partial charge in [-0.2, -0.15) is 0 Å². The highest BCUT2D eigenvalue weighted by Gasteiger charge is 2.22. The molecule has 162 valence electrons. The molecule has 3 rings (SSSR count). The van der Waals surface area contributed by atoms with Crippen LogP contribution in [0.1, 0.15) is 18.4 Å². The van der Waals surface area contributed by atoms with E-state index in [2.05, 4.69) is 39.4 Å². The van der Waals surface area contributed by atoms with Crippen molar-refractivity contribution < 1.29 is 14.2 Å². The Hall–Kier alpha value is -2.51. The molecule has 2 aromatic rings. The molecule has 0 aliphatic carbocycles. The molecule has 1 fully saturated rings. The molecule has 0 radical (unpaired) electrons. The fourth-order valence-electron chi connectivity index (χ4n) is 3.47. The lowest BCUT2D eigenvalue weighted by molar-refractivity contribution is 0.0905. The van der Waals surface area contributed by atoms with Gasteiger partial charge in [-0.25, -0.2) is 0 Å². The minimum Gasteiger partial charge on any atom is -0.497 e. The molecular weight excluding hydrogens is 398 g/mol. The van der Waals surface area contributed by atoms with E-state index in [9.17, 15) is 0 Å². The molecule has 1 aliphatic rings. The summed E-state index contributed by atoms with van der Waals surface area (Å²) < 4.78 is 16.7. The second-order valence-electron chi connectivity index (χ2n) is 7.57. The molecule has 7 heteroatoms. The first-order valence-electron chi connectivity index (χ1n) is 10.2. The van der Waals surface area contributed by atoms with Crippen LogP contribution < -0.4 is 19.7 Å². The number of benzene rings is 2. The van der Waals surface area contributed by atoms with E-state index in [4.69, 9.17) is 26.4 Å². The highest BCUT2D eigenvalue weighted by atomic mass is 32.1. The molecule has 2 aromatic carbocycles. The maximum atomic E-state index is 5.87. The molecular formula is C23H31N3O3S. The molecule has 1 saturated heterocycles. The van der Waals surface area contributed by atoms with E-state index < -0.39 is 0 Å². The summed E-state index contributed by atoms with van der Waals surface area (Å²) in [7, 11) is 7.36. The van der Waals surface area contributed by atoms with Gasteiger partial charge in [0.2, 0.25) is 0 Å². The van der Waals surface area contributed by atoms with Crippen LogP contribution in [-0.2, 0) is 11.3 Å². The van der Waals surface area contributed by atoms with Crippen molar-refractivity contribution in [3.05, 3.63) is 48.0 Å². The molecule has 6 nitrogen and oxygen atoms in total. The van der Waals surface area contributed by atoms with Crippen molar-refractivity contribution in [1.29, 1.82) is 0 Å². The number of hydrogen-bond acceptors (Lipinski definition) is 5. The topological polar surface area (TPSA) is 46.2 Å². The van der Waals surface area contributed by atoms with Gasteiger partial charge in [0.05, 0.1) is 26.0 Å². The van der Waals surface area contributed by atoms with E-state index in [-0.39, 0.29) is 6.10 Å². The maximum absolute atomic E-state index is 5.87. The van der Waals surface area contributed by atoms with E-state index in [1.165, 1.54) is 11.3 Å². The summed E-state index contributed by atoms with van der Waals surface area (Å²) in [6.07, 6.45) is 2.36. The second-order valence-corrected chi connectivity index (χ2v) is 7.96. The van der Waals surface area contributed by atoms with Crippen molar-refractivity contribution in [3.63, 3.8) is 0 Å². The van der Waals surface area contributed by atoms with Gasteiger partial charge in [0.25, 0.3) is 0 Å². The summed E-state index contributed by atoms with van der Waals surface area (Å²) in [6, 6.07) is 14.2. The number of anilines is 2. The third kappa shape index (κ3) is 5.77. The summed E-state index contributed by atoms with van der Waals surface area (Å²) >= 11 is 5.79. The molecule has 0 aromatic heterocycles. The van der Waals surface area contributed by atoms with E-state index in [0.717, 1.165) is 37.4 Å². The fourth-order valence-corrected chi connectivity index (χ4v) is 3.72. The SMILES string of the molecule is COc1ccc(NC(=S)N(Cc2ccc(N(C)C)cc2)CC2CCCO2)c(OC)c1. The van der Waals surface area contributed by atoms with Crippen molar-refractivity contribution in [3.8, 4) is 11.5 Å². The van der Waals surface area contributed by atoms with Gasteiger partial charge in [-0.3, -0.25) is 0 Å². The van der Waals surface area contributed by atoms with Gasteiger partial charge in [0.15, 0.2) is 5.11 Å². The molecule has 30 heavy (non-hydrogen) atoms. The van der Waals surface area contributed by atoms with Crippen LogP contribution in [0.5, 0.6) is 11.5 Å². The van der Waals surface area contributed by atoms with E-state index in [1.807, 2.05) is 32.3 Å². The Morgan fingerprint density at radius 1 is 1.13 bits per heavy atom. The van der Waals surface area contributed by atoms with Crippen LogP contribution in [0.15, 0.2) is 42.5 Å². The van der Waals surface area contributed by atoms with Crippen molar-refractivity contribution in [2.75, 3.05) is 51.7 Å². The van der Waals surface area contributed by atoms with Gasteiger partial charge < -0.3 is 29.3 Å². The maximum Gasteiger partial charge on any atom is 0.173 e. The summed E-state index contributed by atoms with van der Waals surface area (Å²) in [5.74, 6) is 1.42. The molecule has 0 amide bonds. The predicted molar refractivity (Wildman–Crippen MR) is 126 cm³/mol. The van der Waals surface area contributed by atoms with Crippen molar-refractivity contribution >= 4 is 28.7 Å². The smallest absolute Gasteiger partial charge is 0.173 e. The third-order valence-electron chi connectivity index (χ3n) is 5.21. The largest absolute Gasteiger partial charge is 0.497 e. The van der Waals surface area contributed by atoms with Crippen molar-refractivity contribution in [2.24, 2.45) is 0 Å². The number of nitrogens with zero attached hydrogens (tertiary/aromatic N) is 2. The van der Waals surface area contributed by atoms with Crippen LogP contribution in [0.2, 0.25) is 0 Å². The van der Waals surface area contributed by atoms with Crippen LogP contribution in [0.4, 0.5) is 11.4 Å². The lowest BCUT2D eigenvalue weighted by Gasteiger charge is -2.29. The van der Waals surface area contributed by atoms with Crippen LogP contribution in [0.3, 0.4) is 0 Å². The van der Waals surface area contributed by atoms with Crippen LogP contribution >= 0.6 is 12.2 Å². The molecule has 1 unspecified atom stereocenters. The summed E-state index contributed by atoms with van der Waals surface area (Å²) in [6.45, 7) is 2.28. The second kappa shape index (κ2) is 10.5. The summed E-state index contributed by atoms with van der Waals surface area (Å²) in [4.78, 5) is 4.26. The van der Waals surface area contributed by atoms with Crippen molar-refractivity contribution in [1.82, 2.24) is 4.90 Å². The number of rotatable bonds is 8. The molecule has 0 bridgehead atoms. The van der Waals surface area contributed by atoms with Gasteiger partial charge in [0, 0.05) is 45.5 Å². The Balaban J connectivity index is 1.76. The Kier molecular flexibility index (Phi) is 7.76. The van der Waals surface area contributed by atoms with Gasteiger partial charge in [-0.15, -0.1) is 0 Å². The number of thiocarbonyl (C=S) groups is 1. The lowest BCUT2D eigenvalue weighted by Crippen LogP contribution is -2.39. The Labute approximate surface area is 184 Å². The first-order valence-corrected chi connectivity index (χ1v) is 10.6. The van der Waals surface area contributed by atoms with E-state index in [1.54, 1.807) is 14.2 Å². The van der Waals surface area contributed by atoms with Gasteiger partial charge in [-0.1, -0.05) is 12.1 Å². The Bertz CT molecular complexity index is 836. The normalized spacial score (nSPS) is 15.5. The van der Waals surface area contributed by atoms with E-state index in [0.29, 0.717) is 17.4 Å². The molecule has 1 atom stereocenters. The number of ether oxygens (including phenoxy) is 3. The molecule has 0 saturated carbocycles. The Morgan fingerprint density at radius 3 is 2.50 bits per heavy atom. The number of hydrogen-bond donors (Lipinski definition) is 1. The Morgan fingerprint density at radius 2 is 1.90 bits per heavy atom. The zero-order chi connectivity index (χ0) is 21.5. The van der Waals surface area contributed by atoms with Crippen molar-refractivity contribution in [2.45, 2.75) is 25.5 Å². The van der Waals surface area contributed by atoms with Gasteiger partial charge in [-0.05, 0) is 54.9 Å². The summed E-state index contributed by atoms with van der Waals surface area (Å²) in [5.41, 5.74) is 3.18. The first-order chi connectivity index (χ1) is 14.5. The minimum absolute atomic E-state index is 0.198. The number of methoxy groups -OCH3 is 2. The highest BCUT2D eigenvalue weighted by molar-refractivity contribution is 7.80. The summed E-state index contributed by atoms with van der Waals surface area (Å²) in [5, 5.41) is 3.99. The zero-order valence-electron chi connectivity index (χ0n) is 18.2. The standard InChI is InChI=1S/C23H31N3O3S/c1-25(2)18-9-7-17(8-10-18)15-26(16-20-6-5-13-29-20)23(30)24-21-12-11-19(27-3)14-22(21)28-4/h7-12,14,20H,5-6,13,15-16H2,1-4H3,(H,24,30). The average Bonchev–Trinajstić information content (AvgIpc) is 3.27. The molecule has 0 spiro atoms. The van der Waals surface area contributed by atoms with Gasteiger partial charge >= 0.3 is 0 Å². The van der Waals surface area contributed by atoms with E-state index >= 15 is 0 Å². The minimum atomic E-state index is 0.198. The fraction of sp³-hybridized carbons (Fsp3) is 0.435. The van der Waals surface area contributed by atoms with Crippen LogP contribution in [0, 0.1) is 0 Å². The monoisotopic (exact) mass is 429 g/mol. The first kappa shape index (κ1) is 22.2. The zero-order valence-corrected chi connectivity index (χ0v) is 19.0. The number of nitrogens with one attached hydrogen (secondary N) is 1. The molecule has 1 heterocycles. The third-order valence-corrected chi connectivity index (χ3v) is 5.57. The molecule has 1 aliphatic heterocycles. The van der Waals surface area contributed by atoms with Crippen LogP contribution in [0.25, 0.3) is 0 Å². The quantitative estimate of drug-likeness (QED) is 0.633. The lowest BCUT2D eigenvalue weighted by atomic mass is 10.1. The average molecular weight is 430 g/mol. The highest BCUT2D eigenvalue weighted by Crippen LogP contribution is 2.29. The van der Waals surface area contributed by atoms with Gasteiger partial charge in [0.1, 0.15) is 11.5 Å². The van der Waals surface area contributed by atoms with Crippen LogP contribution in [-0.4, -0.2) is 57.6 Å².